The maximum atomic E-state index is 4.72. The van der Waals surface area contributed by atoms with Crippen molar-refractivity contribution in [1.82, 2.24) is 18.9 Å². The summed E-state index contributed by atoms with van der Waals surface area (Å²) < 4.78 is 4.55. The highest BCUT2D eigenvalue weighted by Gasteiger charge is 2.26. The average Bonchev–Trinajstić information content (AvgIpc) is 3.67. The number of nitrogens with zero attached hydrogens (tertiary/aromatic N) is 4. The van der Waals surface area contributed by atoms with Crippen LogP contribution in [0.3, 0.4) is 0 Å². The molecule has 0 saturated heterocycles. The minimum absolute atomic E-state index is 0.902. The number of rotatable bonds is 1. The minimum Gasteiger partial charge on any atom is -0.309 e. The topological polar surface area (TPSA) is 35.1 Å². The van der Waals surface area contributed by atoms with E-state index in [-0.39, 0.29) is 0 Å². The summed E-state index contributed by atoms with van der Waals surface area (Å²) in [6.45, 7) is 0. The first kappa shape index (κ1) is 19.3. The van der Waals surface area contributed by atoms with E-state index in [1.807, 2.05) is 24.7 Å². The summed E-state index contributed by atoms with van der Waals surface area (Å²) in [5.74, 6) is 0. The molecule has 4 heterocycles. The Labute approximate surface area is 212 Å². The lowest BCUT2D eigenvalue weighted by Crippen LogP contribution is -1.96. The van der Waals surface area contributed by atoms with E-state index < -0.39 is 0 Å². The van der Waals surface area contributed by atoms with Crippen molar-refractivity contribution in [3.8, 4) is 16.8 Å². The molecular weight excluding hydrogens is 452 g/mol. The maximum Gasteiger partial charge on any atom is 0.146 e. The summed E-state index contributed by atoms with van der Waals surface area (Å²) in [4.78, 5) is 9.42. The Bertz CT molecular complexity index is 2220. The zero-order chi connectivity index (χ0) is 24.1. The molecule has 37 heavy (non-hydrogen) atoms. The standard InChI is InChI=1S/C33H20N4/c1-2-7-21(8-3-1)37-30-11-5-4-9-23(30)24-13-12-22-26-19-27-25-10-6-14-34-32(25)36-16-15-35-33(36)29(27)18-20(26)17-28(22)31(24)37/h1-16,18-19H,17H2. The van der Waals surface area contributed by atoms with Crippen molar-refractivity contribution in [3.05, 3.63) is 121 Å². The predicted octanol–water partition coefficient (Wildman–Crippen LogP) is 7.70. The summed E-state index contributed by atoms with van der Waals surface area (Å²) in [5.41, 5.74) is 11.0. The highest BCUT2D eigenvalue weighted by Crippen LogP contribution is 2.46. The average molecular weight is 473 g/mol. The molecule has 4 heteroatoms. The van der Waals surface area contributed by atoms with Crippen molar-refractivity contribution in [2.45, 2.75) is 6.42 Å². The van der Waals surface area contributed by atoms with Gasteiger partial charge in [-0.05, 0) is 70.1 Å². The van der Waals surface area contributed by atoms with Gasteiger partial charge in [0.1, 0.15) is 11.3 Å². The van der Waals surface area contributed by atoms with E-state index >= 15 is 0 Å². The first-order valence-corrected chi connectivity index (χ1v) is 12.6. The SMILES string of the molecule is c1ccc(-n2c3ccccc3c3ccc4c(c32)Cc2cc3c(cc2-4)c2cccnc2n2ccnc32)cc1. The molecule has 0 bridgehead atoms. The fraction of sp³-hybridized carbons (Fsp3) is 0.0303. The summed E-state index contributed by atoms with van der Waals surface area (Å²) >= 11 is 0. The molecule has 0 fully saturated rings. The zero-order valence-corrected chi connectivity index (χ0v) is 19.9. The molecule has 0 amide bonds. The van der Waals surface area contributed by atoms with E-state index in [1.54, 1.807) is 0 Å². The number of aromatic nitrogens is 4. The van der Waals surface area contributed by atoms with Crippen LogP contribution in [0.1, 0.15) is 11.1 Å². The molecule has 0 spiro atoms. The third-order valence-electron chi connectivity index (χ3n) is 8.04. The highest BCUT2D eigenvalue weighted by atomic mass is 15.0. The molecule has 4 nitrogen and oxygen atoms in total. The van der Waals surface area contributed by atoms with E-state index in [4.69, 9.17) is 9.97 Å². The second kappa shape index (κ2) is 6.83. The van der Waals surface area contributed by atoms with Crippen molar-refractivity contribution in [1.29, 1.82) is 0 Å². The Hall–Kier alpha value is -4.96. The second-order valence-electron chi connectivity index (χ2n) is 9.90. The molecule has 1 aliphatic rings. The third kappa shape index (κ3) is 2.42. The van der Waals surface area contributed by atoms with Gasteiger partial charge in [0.25, 0.3) is 0 Å². The first-order valence-electron chi connectivity index (χ1n) is 12.6. The van der Waals surface area contributed by atoms with E-state index in [9.17, 15) is 0 Å². The van der Waals surface area contributed by atoms with E-state index in [0.29, 0.717) is 0 Å². The van der Waals surface area contributed by atoms with Gasteiger partial charge in [-0.3, -0.25) is 4.40 Å². The van der Waals surface area contributed by atoms with Gasteiger partial charge < -0.3 is 4.57 Å². The van der Waals surface area contributed by atoms with Gasteiger partial charge in [0.2, 0.25) is 0 Å². The number of pyridine rings is 2. The van der Waals surface area contributed by atoms with E-state index in [1.165, 1.54) is 60.5 Å². The van der Waals surface area contributed by atoms with Crippen LogP contribution in [0.15, 0.2) is 110 Å². The van der Waals surface area contributed by atoms with Crippen LogP contribution in [0.4, 0.5) is 0 Å². The van der Waals surface area contributed by atoms with Crippen LogP contribution in [0, 0.1) is 0 Å². The number of fused-ring (bicyclic) bond motifs is 13. The third-order valence-corrected chi connectivity index (χ3v) is 8.04. The Morgan fingerprint density at radius 3 is 2.35 bits per heavy atom. The second-order valence-corrected chi connectivity index (χ2v) is 9.90. The Morgan fingerprint density at radius 1 is 0.595 bits per heavy atom. The lowest BCUT2D eigenvalue weighted by molar-refractivity contribution is 1.15. The van der Waals surface area contributed by atoms with Crippen LogP contribution in [-0.2, 0) is 6.42 Å². The normalized spacial score (nSPS) is 12.8. The number of hydrogen-bond acceptors (Lipinski definition) is 2. The molecule has 0 N–H and O–H groups in total. The van der Waals surface area contributed by atoms with Crippen LogP contribution in [0.2, 0.25) is 0 Å². The Balaban J connectivity index is 1.41. The van der Waals surface area contributed by atoms with Crippen molar-refractivity contribution in [2.75, 3.05) is 0 Å². The molecule has 9 rings (SSSR count). The van der Waals surface area contributed by atoms with Crippen LogP contribution in [0.5, 0.6) is 0 Å². The summed E-state index contributed by atoms with van der Waals surface area (Å²) in [6.07, 6.45) is 6.63. The summed E-state index contributed by atoms with van der Waals surface area (Å²) in [7, 11) is 0. The molecule has 8 aromatic rings. The molecule has 4 aromatic carbocycles. The highest BCUT2D eigenvalue weighted by molar-refractivity contribution is 6.15. The lowest BCUT2D eigenvalue weighted by atomic mass is 9.99. The lowest BCUT2D eigenvalue weighted by Gasteiger charge is -2.11. The quantitative estimate of drug-likeness (QED) is 0.229. The van der Waals surface area contributed by atoms with Gasteiger partial charge in [0.15, 0.2) is 0 Å². The molecule has 0 atom stereocenters. The number of benzene rings is 4. The zero-order valence-electron chi connectivity index (χ0n) is 19.9. The smallest absolute Gasteiger partial charge is 0.146 e. The van der Waals surface area contributed by atoms with Gasteiger partial charge in [0, 0.05) is 52.2 Å². The molecule has 0 saturated carbocycles. The molecule has 4 aromatic heterocycles. The van der Waals surface area contributed by atoms with E-state index in [0.717, 1.165) is 23.1 Å². The van der Waals surface area contributed by atoms with Crippen molar-refractivity contribution in [3.63, 3.8) is 0 Å². The fourth-order valence-electron chi connectivity index (χ4n) is 6.52. The summed E-state index contributed by atoms with van der Waals surface area (Å²) in [5, 5.41) is 6.13. The molecule has 172 valence electrons. The molecular formula is C33H20N4. The number of hydrogen-bond donors (Lipinski definition) is 0. The number of imidazole rings is 1. The van der Waals surface area contributed by atoms with Gasteiger partial charge >= 0.3 is 0 Å². The van der Waals surface area contributed by atoms with Crippen molar-refractivity contribution < 1.29 is 0 Å². The van der Waals surface area contributed by atoms with E-state index in [2.05, 4.69) is 93.9 Å². The molecule has 1 aliphatic carbocycles. The molecule has 0 aliphatic heterocycles. The van der Waals surface area contributed by atoms with Crippen LogP contribution in [-0.4, -0.2) is 18.9 Å². The van der Waals surface area contributed by atoms with Crippen LogP contribution < -0.4 is 0 Å². The first-order chi connectivity index (χ1) is 18.4. The van der Waals surface area contributed by atoms with Gasteiger partial charge in [-0.15, -0.1) is 0 Å². The van der Waals surface area contributed by atoms with Gasteiger partial charge in [-0.25, -0.2) is 9.97 Å². The van der Waals surface area contributed by atoms with Gasteiger partial charge in [0.05, 0.1) is 11.0 Å². The van der Waals surface area contributed by atoms with Crippen LogP contribution >= 0.6 is 0 Å². The number of para-hydroxylation sites is 2. The Kier molecular flexibility index (Phi) is 3.55. The maximum absolute atomic E-state index is 4.72. The van der Waals surface area contributed by atoms with Gasteiger partial charge in [-0.1, -0.05) is 48.5 Å². The van der Waals surface area contributed by atoms with Crippen molar-refractivity contribution in [2.24, 2.45) is 0 Å². The molecule has 0 unspecified atom stereocenters. The largest absolute Gasteiger partial charge is 0.309 e. The van der Waals surface area contributed by atoms with Gasteiger partial charge in [-0.2, -0.15) is 0 Å². The summed E-state index contributed by atoms with van der Waals surface area (Å²) in [6, 6.07) is 33.0. The predicted molar refractivity (Wildman–Crippen MR) is 151 cm³/mol. The van der Waals surface area contributed by atoms with Crippen molar-refractivity contribution >= 4 is 49.3 Å². The monoisotopic (exact) mass is 472 g/mol. The fourth-order valence-corrected chi connectivity index (χ4v) is 6.52. The molecule has 0 radical (unpaired) electrons. The Morgan fingerprint density at radius 2 is 1.41 bits per heavy atom. The van der Waals surface area contributed by atoms with Crippen LogP contribution in [0.25, 0.3) is 66.1 Å². The minimum atomic E-state index is 0.902.